The van der Waals surface area contributed by atoms with Crippen LogP contribution in [-0.2, 0) is 5.75 Å². The Kier molecular flexibility index (Phi) is 4.02. The topological polar surface area (TPSA) is 51.6 Å². The van der Waals surface area contributed by atoms with E-state index >= 15 is 0 Å². The van der Waals surface area contributed by atoms with E-state index in [0.29, 0.717) is 0 Å². The van der Waals surface area contributed by atoms with E-state index in [-0.39, 0.29) is 0 Å². The maximum atomic E-state index is 4.93. The maximum absolute atomic E-state index is 4.93. The second-order valence-corrected chi connectivity index (χ2v) is 8.56. The molecule has 0 atom stereocenters. The summed E-state index contributed by atoms with van der Waals surface area (Å²) < 4.78 is 1.11. The molecule has 6 heteroatoms. The van der Waals surface area contributed by atoms with E-state index in [2.05, 4.69) is 53.1 Å². The third-order valence-electron chi connectivity index (χ3n) is 4.57. The number of nitrogens with zero attached hydrogens (tertiary/aromatic N) is 4. The van der Waals surface area contributed by atoms with Crippen molar-refractivity contribution in [1.29, 1.82) is 0 Å². The highest BCUT2D eigenvalue weighted by atomic mass is 32.2. The van der Waals surface area contributed by atoms with Gasteiger partial charge in [-0.2, -0.15) is 0 Å². The zero-order valence-corrected chi connectivity index (χ0v) is 16.6. The van der Waals surface area contributed by atoms with Crippen molar-refractivity contribution in [3.05, 3.63) is 65.7 Å². The molecule has 132 valence electrons. The van der Waals surface area contributed by atoms with Crippen LogP contribution in [0.1, 0.15) is 16.7 Å². The van der Waals surface area contributed by atoms with E-state index < -0.39 is 0 Å². The van der Waals surface area contributed by atoms with Gasteiger partial charge in [0, 0.05) is 28.9 Å². The minimum Gasteiger partial charge on any atom is -0.264 e. The first-order valence-electron chi connectivity index (χ1n) is 8.66. The molecule has 27 heavy (non-hydrogen) atoms. The van der Waals surface area contributed by atoms with Crippen molar-refractivity contribution in [1.82, 2.24) is 19.9 Å². The lowest BCUT2D eigenvalue weighted by Gasteiger charge is -2.04. The number of pyridine rings is 2. The quantitative estimate of drug-likeness (QED) is 0.293. The molecular weight excluding hydrogens is 372 g/mol. The van der Waals surface area contributed by atoms with Gasteiger partial charge in [0.1, 0.15) is 16.2 Å². The van der Waals surface area contributed by atoms with E-state index in [1.807, 2.05) is 12.3 Å². The predicted molar refractivity (Wildman–Crippen MR) is 113 cm³/mol. The van der Waals surface area contributed by atoms with Gasteiger partial charge in [0.25, 0.3) is 0 Å². The molecule has 0 bridgehead atoms. The summed E-state index contributed by atoms with van der Waals surface area (Å²) in [7, 11) is 0. The van der Waals surface area contributed by atoms with Crippen LogP contribution >= 0.6 is 23.1 Å². The number of fused-ring (bicyclic) bond motifs is 4. The number of benzene rings is 1. The maximum Gasteiger partial charge on any atom is 0.126 e. The SMILES string of the molecule is Cc1cc(C)c2cc3c(nc2c1)sc1c(SCc2cccnc2)ncnc13. The number of hydrogen-bond acceptors (Lipinski definition) is 6. The zero-order valence-electron chi connectivity index (χ0n) is 14.9. The van der Waals surface area contributed by atoms with Gasteiger partial charge in [-0.05, 0) is 48.7 Å². The van der Waals surface area contributed by atoms with Gasteiger partial charge < -0.3 is 0 Å². The van der Waals surface area contributed by atoms with E-state index in [4.69, 9.17) is 4.98 Å². The summed E-state index contributed by atoms with van der Waals surface area (Å²) in [6.45, 7) is 4.25. The summed E-state index contributed by atoms with van der Waals surface area (Å²) in [5.41, 5.74) is 5.71. The fraction of sp³-hybridized carbons (Fsp3) is 0.143. The highest BCUT2D eigenvalue weighted by molar-refractivity contribution is 7.98. The second kappa shape index (κ2) is 6.55. The molecule has 5 rings (SSSR count). The van der Waals surface area contributed by atoms with Crippen molar-refractivity contribution in [3.63, 3.8) is 0 Å². The first-order chi connectivity index (χ1) is 13.2. The van der Waals surface area contributed by atoms with Crippen LogP contribution in [0.5, 0.6) is 0 Å². The molecule has 0 N–H and O–H groups in total. The third kappa shape index (κ3) is 2.95. The largest absolute Gasteiger partial charge is 0.264 e. The lowest BCUT2D eigenvalue weighted by Crippen LogP contribution is -1.87. The summed E-state index contributed by atoms with van der Waals surface area (Å²) in [4.78, 5) is 19.2. The van der Waals surface area contributed by atoms with Gasteiger partial charge in [-0.15, -0.1) is 23.1 Å². The summed E-state index contributed by atoms with van der Waals surface area (Å²) in [6, 6.07) is 10.6. The molecule has 0 saturated carbocycles. The second-order valence-electron chi connectivity index (χ2n) is 6.60. The number of aryl methyl sites for hydroxylation is 2. The van der Waals surface area contributed by atoms with Gasteiger partial charge >= 0.3 is 0 Å². The molecule has 0 radical (unpaired) electrons. The molecular formula is C21H16N4S2. The molecule has 0 spiro atoms. The minimum atomic E-state index is 0.835. The molecule has 0 unspecified atom stereocenters. The molecule has 0 saturated heterocycles. The van der Waals surface area contributed by atoms with Gasteiger partial charge in [0.05, 0.1) is 15.7 Å². The summed E-state index contributed by atoms with van der Waals surface area (Å²) in [6.07, 6.45) is 5.35. The van der Waals surface area contributed by atoms with Crippen LogP contribution in [0.2, 0.25) is 0 Å². The van der Waals surface area contributed by atoms with Gasteiger partial charge in [-0.25, -0.2) is 15.0 Å². The van der Waals surface area contributed by atoms with Crippen molar-refractivity contribution in [2.45, 2.75) is 24.6 Å². The molecule has 0 aliphatic heterocycles. The Morgan fingerprint density at radius 1 is 1.07 bits per heavy atom. The van der Waals surface area contributed by atoms with Crippen LogP contribution in [0.25, 0.3) is 31.3 Å². The summed E-state index contributed by atoms with van der Waals surface area (Å²) >= 11 is 3.40. The lowest BCUT2D eigenvalue weighted by molar-refractivity contribution is 1.11. The molecule has 0 aliphatic rings. The van der Waals surface area contributed by atoms with E-state index in [0.717, 1.165) is 36.7 Å². The van der Waals surface area contributed by atoms with E-state index in [1.165, 1.54) is 22.1 Å². The van der Waals surface area contributed by atoms with Gasteiger partial charge in [0.15, 0.2) is 0 Å². The van der Waals surface area contributed by atoms with Crippen molar-refractivity contribution in [2.75, 3.05) is 0 Å². The van der Waals surface area contributed by atoms with Crippen LogP contribution < -0.4 is 0 Å². The van der Waals surface area contributed by atoms with Gasteiger partial charge in [0.2, 0.25) is 0 Å². The first-order valence-corrected chi connectivity index (χ1v) is 10.5. The minimum absolute atomic E-state index is 0.835. The molecule has 4 heterocycles. The highest BCUT2D eigenvalue weighted by Crippen LogP contribution is 2.38. The Morgan fingerprint density at radius 3 is 2.85 bits per heavy atom. The Labute approximate surface area is 164 Å². The Hall–Kier alpha value is -2.57. The summed E-state index contributed by atoms with van der Waals surface area (Å²) in [5, 5.41) is 3.31. The molecule has 4 nitrogen and oxygen atoms in total. The number of thioether (sulfide) groups is 1. The molecule has 0 fully saturated rings. The van der Waals surface area contributed by atoms with Crippen LogP contribution in [-0.4, -0.2) is 19.9 Å². The van der Waals surface area contributed by atoms with Gasteiger partial charge in [-0.1, -0.05) is 12.1 Å². The normalized spacial score (nSPS) is 11.6. The number of hydrogen-bond donors (Lipinski definition) is 0. The van der Waals surface area contributed by atoms with Crippen molar-refractivity contribution in [2.24, 2.45) is 0 Å². The van der Waals surface area contributed by atoms with Crippen LogP contribution in [0.4, 0.5) is 0 Å². The first kappa shape index (κ1) is 16.6. The average Bonchev–Trinajstić information content (AvgIpc) is 3.04. The third-order valence-corrected chi connectivity index (χ3v) is 6.86. The Balaban J connectivity index is 1.65. The Morgan fingerprint density at radius 2 is 2.00 bits per heavy atom. The summed E-state index contributed by atoms with van der Waals surface area (Å²) in [5.74, 6) is 0.835. The van der Waals surface area contributed by atoms with E-state index in [1.54, 1.807) is 35.6 Å². The smallest absolute Gasteiger partial charge is 0.126 e. The Bertz CT molecular complexity index is 1300. The molecule has 4 aromatic heterocycles. The number of rotatable bonds is 3. The molecule has 1 aromatic carbocycles. The van der Waals surface area contributed by atoms with Crippen LogP contribution in [0.15, 0.2) is 54.1 Å². The fourth-order valence-electron chi connectivity index (χ4n) is 3.34. The average molecular weight is 389 g/mol. The van der Waals surface area contributed by atoms with Crippen molar-refractivity contribution < 1.29 is 0 Å². The predicted octanol–water partition coefficient (Wildman–Crippen LogP) is 5.70. The van der Waals surface area contributed by atoms with Crippen LogP contribution in [0.3, 0.4) is 0 Å². The number of aromatic nitrogens is 4. The number of thiophene rings is 1. The fourth-order valence-corrected chi connectivity index (χ4v) is 5.46. The molecule has 0 aliphatic carbocycles. The van der Waals surface area contributed by atoms with Crippen molar-refractivity contribution in [3.8, 4) is 0 Å². The standard InChI is InChI=1S/C21H16N4S2/c1-12-6-13(2)15-8-16-18-19(27-20(16)25-17(15)7-12)21(24-11-23-18)26-10-14-4-3-5-22-9-14/h3-9,11H,10H2,1-2H3. The lowest BCUT2D eigenvalue weighted by atomic mass is 10.1. The van der Waals surface area contributed by atoms with Gasteiger partial charge in [-0.3, -0.25) is 4.98 Å². The monoisotopic (exact) mass is 388 g/mol. The zero-order chi connectivity index (χ0) is 18.4. The van der Waals surface area contributed by atoms with Crippen LogP contribution in [0, 0.1) is 13.8 Å². The van der Waals surface area contributed by atoms with Crippen molar-refractivity contribution >= 4 is 54.4 Å². The highest BCUT2D eigenvalue weighted by Gasteiger charge is 2.14. The molecule has 5 aromatic rings. The molecule has 0 amide bonds. The van der Waals surface area contributed by atoms with E-state index in [9.17, 15) is 0 Å².